The molecular weight excluding hydrogens is 374 g/mol. The van der Waals surface area contributed by atoms with Crippen LogP contribution >= 0.6 is 0 Å². The van der Waals surface area contributed by atoms with Gasteiger partial charge < -0.3 is 18.6 Å². The maximum Gasteiger partial charge on any atom is 0.308 e. The maximum absolute atomic E-state index is 13.4. The first-order valence-electron chi connectivity index (χ1n) is 9.60. The summed E-state index contributed by atoms with van der Waals surface area (Å²) in [6.07, 6.45) is 1.17. The lowest BCUT2D eigenvalue weighted by atomic mass is 9.96. The van der Waals surface area contributed by atoms with E-state index in [4.69, 9.17) is 13.7 Å². The smallest absolute Gasteiger partial charge is 0.308 e. The number of ether oxygens (including phenoxy) is 1. The quantitative estimate of drug-likeness (QED) is 0.624. The molecule has 1 fully saturated rings. The predicted octanol–water partition coefficient (Wildman–Crippen LogP) is 3.43. The Morgan fingerprint density at radius 1 is 1.17 bits per heavy atom. The summed E-state index contributed by atoms with van der Waals surface area (Å²) in [7, 11) is 1.39. The van der Waals surface area contributed by atoms with Crippen LogP contribution in [0.15, 0.2) is 21.1 Å². The van der Waals surface area contributed by atoms with Gasteiger partial charge in [-0.25, -0.2) is 4.98 Å². The Balaban J connectivity index is 1.71. The Kier molecular flexibility index (Phi) is 4.86. The van der Waals surface area contributed by atoms with E-state index < -0.39 is 0 Å². The van der Waals surface area contributed by atoms with Gasteiger partial charge in [-0.3, -0.25) is 9.59 Å². The molecule has 1 aliphatic heterocycles. The molecule has 0 bridgehead atoms. The first kappa shape index (κ1) is 19.2. The number of likely N-dealkylation sites (tertiary alicyclic amines) is 1. The Hall–Kier alpha value is -3.16. The summed E-state index contributed by atoms with van der Waals surface area (Å²) in [5, 5.41) is 4.62. The number of fused-ring (bicyclic) bond motifs is 1. The van der Waals surface area contributed by atoms with Gasteiger partial charge in [-0.05, 0) is 45.7 Å². The molecule has 0 N–H and O–H groups in total. The average molecular weight is 397 g/mol. The normalized spacial score (nSPS) is 15.1. The molecular formula is C21H23N3O5. The minimum Gasteiger partial charge on any atom is -0.469 e. The van der Waals surface area contributed by atoms with E-state index in [1.165, 1.54) is 7.11 Å². The van der Waals surface area contributed by atoms with Crippen molar-refractivity contribution in [2.45, 2.75) is 33.6 Å². The molecule has 29 heavy (non-hydrogen) atoms. The fourth-order valence-electron chi connectivity index (χ4n) is 3.94. The lowest BCUT2D eigenvalue weighted by molar-refractivity contribution is -0.146. The molecule has 0 radical (unpaired) electrons. The number of aryl methyl sites for hydroxylation is 3. The lowest BCUT2D eigenvalue weighted by Crippen LogP contribution is -2.40. The zero-order valence-corrected chi connectivity index (χ0v) is 16.9. The zero-order valence-electron chi connectivity index (χ0n) is 16.9. The molecule has 3 aromatic rings. The van der Waals surface area contributed by atoms with E-state index in [1.54, 1.807) is 17.9 Å². The summed E-state index contributed by atoms with van der Waals surface area (Å²) in [4.78, 5) is 31.5. The molecule has 1 amide bonds. The number of hydrogen-bond acceptors (Lipinski definition) is 7. The van der Waals surface area contributed by atoms with Gasteiger partial charge in [0.15, 0.2) is 0 Å². The third-order valence-corrected chi connectivity index (χ3v) is 5.48. The van der Waals surface area contributed by atoms with Crippen molar-refractivity contribution in [2.75, 3.05) is 20.2 Å². The number of esters is 1. The van der Waals surface area contributed by atoms with Crippen molar-refractivity contribution < 1.29 is 23.3 Å². The van der Waals surface area contributed by atoms with Crippen LogP contribution in [0.3, 0.4) is 0 Å². The second-order valence-electron chi connectivity index (χ2n) is 7.42. The minimum absolute atomic E-state index is 0.119. The van der Waals surface area contributed by atoms with E-state index in [2.05, 4.69) is 10.1 Å². The molecule has 0 aromatic carbocycles. The Morgan fingerprint density at radius 3 is 2.52 bits per heavy atom. The van der Waals surface area contributed by atoms with Gasteiger partial charge in [0.1, 0.15) is 11.5 Å². The van der Waals surface area contributed by atoms with Crippen molar-refractivity contribution in [1.29, 1.82) is 0 Å². The number of piperidine rings is 1. The molecule has 8 nitrogen and oxygen atoms in total. The molecule has 4 heterocycles. The number of aromatic nitrogens is 2. The average Bonchev–Trinajstić information content (AvgIpc) is 3.27. The third-order valence-electron chi connectivity index (χ3n) is 5.48. The largest absolute Gasteiger partial charge is 0.469 e. The molecule has 3 aromatic heterocycles. The molecule has 8 heteroatoms. The van der Waals surface area contributed by atoms with Crippen LogP contribution in [0.2, 0.25) is 0 Å². The minimum atomic E-state index is -0.216. The van der Waals surface area contributed by atoms with Gasteiger partial charge in [0.2, 0.25) is 0 Å². The fraction of sp³-hybridized carbons (Fsp3) is 0.429. The molecule has 1 aliphatic rings. The number of pyridine rings is 1. The highest BCUT2D eigenvalue weighted by Gasteiger charge is 2.30. The highest BCUT2D eigenvalue weighted by atomic mass is 16.5. The van der Waals surface area contributed by atoms with E-state index in [1.807, 2.05) is 19.9 Å². The summed E-state index contributed by atoms with van der Waals surface area (Å²) < 4.78 is 15.8. The van der Waals surface area contributed by atoms with Crippen molar-refractivity contribution in [3.8, 4) is 11.3 Å². The molecule has 0 aliphatic carbocycles. The van der Waals surface area contributed by atoms with Crippen LogP contribution in [0, 0.1) is 26.7 Å². The molecule has 0 unspecified atom stereocenters. The summed E-state index contributed by atoms with van der Waals surface area (Å²) in [5.41, 5.74) is 2.87. The highest BCUT2D eigenvalue weighted by Crippen LogP contribution is 2.31. The SMILES string of the molecule is COC(=O)C1CCN(C(=O)c2cc(-c3cc(C)oc3C)nc3onc(C)c23)CC1. The van der Waals surface area contributed by atoms with Gasteiger partial charge in [-0.15, -0.1) is 0 Å². The standard InChI is InChI=1S/C21H23N3O5/c1-11-9-15(13(3)28-11)17-10-16(18-12(2)23-29-19(18)22-17)20(25)24-7-5-14(6-8-24)21(26)27-4/h9-10,14H,5-8H2,1-4H3. The summed E-state index contributed by atoms with van der Waals surface area (Å²) in [5.74, 6) is 0.997. The number of hydrogen-bond donors (Lipinski definition) is 0. The molecule has 152 valence electrons. The van der Waals surface area contributed by atoms with Crippen LogP contribution < -0.4 is 0 Å². The number of methoxy groups -OCH3 is 1. The number of furan rings is 1. The second-order valence-corrected chi connectivity index (χ2v) is 7.42. The van der Waals surface area contributed by atoms with Gasteiger partial charge in [-0.1, -0.05) is 5.16 Å². The van der Waals surface area contributed by atoms with Crippen molar-refractivity contribution in [1.82, 2.24) is 15.0 Å². The Bertz CT molecular complexity index is 1090. The van der Waals surface area contributed by atoms with Crippen molar-refractivity contribution in [3.05, 3.63) is 34.9 Å². The summed E-state index contributed by atoms with van der Waals surface area (Å²) in [6, 6.07) is 3.67. The third kappa shape index (κ3) is 3.39. The van der Waals surface area contributed by atoms with Gasteiger partial charge in [0, 0.05) is 18.7 Å². The zero-order chi connectivity index (χ0) is 20.7. The Morgan fingerprint density at radius 2 is 1.90 bits per heavy atom. The molecule has 0 spiro atoms. The van der Waals surface area contributed by atoms with Gasteiger partial charge in [0.25, 0.3) is 11.6 Å². The van der Waals surface area contributed by atoms with Gasteiger partial charge in [0.05, 0.1) is 35.4 Å². The van der Waals surface area contributed by atoms with Crippen LogP contribution in [0.25, 0.3) is 22.4 Å². The first-order chi connectivity index (χ1) is 13.9. The van der Waals surface area contributed by atoms with E-state index in [-0.39, 0.29) is 17.8 Å². The molecule has 0 saturated carbocycles. The number of carbonyl (C=O) groups is 2. The topological polar surface area (TPSA) is 98.7 Å². The maximum atomic E-state index is 13.4. The number of nitrogens with zero attached hydrogens (tertiary/aromatic N) is 3. The van der Waals surface area contributed by atoms with E-state index in [0.29, 0.717) is 54.0 Å². The van der Waals surface area contributed by atoms with Crippen LogP contribution in [0.5, 0.6) is 0 Å². The summed E-state index contributed by atoms with van der Waals surface area (Å²) in [6.45, 7) is 6.50. The fourth-order valence-corrected chi connectivity index (χ4v) is 3.94. The number of rotatable bonds is 3. The van der Waals surface area contributed by atoms with Gasteiger partial charge in [-0.2, -0.15) is 0 Å². The van der Waals surface area contributed by atoms with Gasteiger partial charge >= 0.3 is 5.97 Å². The van der Waals surface area contributed by atoms with Crippen molar-refractivity contribution in [3.63, 3.8) is 0 Å². The second kappa shape index (κ2) is 7.35. The lowest BCUT2D eigenvalue weighted by Gasteiger charge is -2.31. The first-order valence-corrected chi connectivity index (χ1v) is 9.60. The van der Waals surface area contributed by atoms with E-state index in [0.717, 1.165) is 17.1 Å². The molecule has 1 saturated heterocycles. The Labute approximate surface area is 167 Å². The molecule has 4 rings (SSSR count). The van der Waals surface area contributed by atoms with Crippen LogP contribution in [-0.4, -0.2) is 47.1 Å². The van der Waals surface area contributed by atoms with Crippen molar-refractivity contribution >= 4 is 23.0 Å². The van der Waals surface area contributed by atoms with Crippen LogP contribution in [0.1, 0.15) is 40.4 Å². The van der Waals surface area contributed by atoms with Crippen LogP contribution in [-0.2, 0) is 9.53 Å². The van der Waals surface area contributed by atoms with Crippen molar-refractivity contribution in [2.24, 2.45) is 5.92 Å². The van der Waals surface area contributed by atoms with Crippen LogP contribution in [0.4, 0.5) is 0 Å². The van der Waals surface area contributed by atoms with E-state index >= 15 is 0 Å². The molecule has 0 atom stereocenters. The monoisotopic (exact) mass is 397 g/mol. The summed E-state index contributed by atoms with van der Waals surface area (Å²) >= 11 is 0. The predicted molar refractivity (Wildman–Crippen MR) is 104 cm³/mol. The van der Waals surface area contributed by atoms with E-state index in [9.17, 15) is 9.59 Å². The highest BCUT2D eigenvalue weighted by molar-refractivity contribution is 6.07. The number of carbonyl (C=O) groups excluding carboxylic acids is 2. The number of amides is 1.